The fourth-order valence-electron chi connectivity index (χ4n) is 2.04. The minimum absolute atomic E-state index is 0.257. The van der Waals surface area contributed by atoms with E-state index in [4.69, 9.17) is 4.74 Å². The van der Waals surface area contributed by atoms with Crippen LogP contribution in [0.25, 0.3) is 0 Å². The zero-order chi connectivity index (χ0) is 20.6. The first kappa shape index (κ1) is 23.2. The second-order valence-electron chi connectivity index (χ2n) is 5.83. The summed E-state index contributed by atoms with van der Waals surface area (Å²) in [6, 6.07) is 5.83. The SMILES string of the molecule is CCOC(=O)CCC[C@H](O)C#C/C=C/C=C/[C@H](O)CC#Cc1ccc(F)cc1. The lowest BCUT2D eigenvalue weighted by atomic mass is 10.1. The van der Waals surface area contributed by atoms with Crippen molar-refractivity contribution >= 4 is 5.97 Å². The quantitative estimate of drug-likeness (QED) is 0.411. The molecule has 0 unspecified atom stereocenters. The number of hydrogen-bond acceptors (Lipinski definition) is 4. The molecule has 1 aromatic rings. The molecule has 0 aliphatic carbocycles. The largest absolute Gasteiger partial charge is 0.466 e. The summed E-state index contributed by atoms with van der Waals surface area (Å²) in [5, 5.41) is 19.5. The number of ether oxygens (including phenoxy) is 1. The summed E-state index contributed by atoms with van der Waals surface area (Å²) < 4.78 is 17.6. The highest BCUT2D eigenvalue weighted by Gasteiger charge is 2.04. The first-order chi connectivity index (χ1) is 13.5. The van der Waals surface area contributed by atoms with E-state index in [0.717, 1.165) is 0 Å². The Morgan fingerprint density at radius 3 is 2.71 bits per heavy atom. The maximum absolute atomic E-state index is 12.8. The van der Waals surface area contributed by atoms with Gasteiger partial charge in [-0.15, -0.1) is 0 Å². The zero-order valence-corrected chi connectivity index (χ0v) is 15.9. The van der Waals surface area contributed by atoms with Crippen LogP contribution in [-0.4, -0.2) is 35.0 Å². The molecule has 0 aliphatic rings. The molecule has 1 rings (SSSR count). The van der Waals surface area contributed by atoms with Crippen LogP contribution in [0.1, 0.15) is 38.2 Å². The van der Waals surface area contributed by atoms with Crippen molar-refractivity contribution in [3.05, 3.63) is 60.0 Å². The Balaban J connectivity index is 2.27. The second kappa shape index (κ2) is 14.2. The minimum Gasteiger partial charge on any atom is -0.466 e. The van der Waals surface area contributed by atoms with Gasteiger partial charge in [0.15, 0.2) is 0 Å². The molecule has 0 aliphatic heterocycles. The van der Waals surface area contributed by atoms with Crippen LogP contribution in [0.5, 0.6) is 0 Å². The van der Waals surface area contributed by atoms with Gasteiger partial charge in [0.05, 0.1) is 12.7 Å². The monoisotopic (exact) mass is 384 g/mol. The lowest BCUT2D eigenvalue weighted by Crippen LogP contribution is -2.07. The smallest absolute Gasteiger partial charge is 0.305 e. The first-order valence-electron chi connectivity index (χ1n) is 9.12. The minimum atomic E-state index is -0.796. The molecule has 1 aromatic carbocycles. The van der Waals surface area contributed by atoms with Crippen molar-refractivity contribution in [1.82, 2.24) is 0 Å². The van der Waals surface area contributed by atoms with Gasteiger partial charge in [-0.05, 0) is 50.1 Å². The topological polar surface area (TPSA) is 66.8 Å². The van der Waals surface area contributed by atoms with E-state index in [1.807, 2.05) is 0 Å². The maximum atomic E-state index is 12.8. The highest BCUT2D eigenvalue weighted by molar-refractivity contribution is 5.69. The first-order valence-corrected chi connectivity index (χ1v) is 9.12. The van der Waals surface area contributed by atoms with Crippen molar-refractivity contribution in [2.75, 3.05) is 6.61 Å². The molecule has 148 valence electrons. The number of halogens is 1. The summed E-state index contributed by atoms with van der Waals surface area (Å²) in [5.41, 5.74) is 0.688. The Morgan fingerprint density at radius 2 is 2.00 bits per heavy atom. The van der Waals surface area contributed by atoms with Crippen LogP contribution in [0.4, 0.5) is 4.39 Å². The number of esters is 1. The second-order valence-corrected chi connectivity index (χ2v) is 5.83. The normalized spacial score (nSPS) is 12.7. The standard InChI is InChI=1S/C23H25FO4/c1-2-28-23(27)14-8-13-22(26)11-6-4-3-5-10-21(25)12-7-9-19-15-17-20(24)18-16-19/h3-5,10,15-18,21-22,25-26H,2,8,12-14H2,1H3/b4-3+,10-5+/t21-,22+/m0/s1. The highest BCUT2D eigenvalue weighted by Crippen LogP contribution is 2.02. The predicted octanol–water partition coefficient (Wildman–Crippen LogP) is 3.14. The van der Waals surface area contributed by atoms with Gasteiger partial charge in [0, 0.05) is 18.4 Å². The molecule has 0 aromatic heterocycles. The summed E-state index contributed by atoms with van der Waals surface area (Å²) in [6.45, 7) is 2.11. The van der Waals surface area contributed by atoms with Gasteiger partial charge in [-0.25, -0.2) is 4.39 Å². The highest BCUT2D eigenvalue weighted by atomic mass is 19.1. The average molecular weight is 384 g/mol. The van der Waals surface area contributed by atoms with Crippen molar-refractivity contribution < 1.29 is 24.1 Å². The fraction of sp³-hybridized carbons (Fsp3) is 0.348. The molecule has 0 radical (unpaired) electrons. The number of hydrogen-bond donors (Lipinski definition) is 2. The van der Waals surface area contributed by atoms with Gasteiger partial charge in [-0.2, -0.15) is 0 Å². The van der Waals surface area contributed by atoms with Crippen LogP contribution in [0.2, 0.25) is 0 Å². The Bertz CT molecular complexity index is 773. The van der Waals surface area contributed by atoms with E-state index < -0.39 is 12.2 Å². The van der Waals surface area contributed by atoms with Crippen LogP contribution in [0.15, 0.2) is 48.6 Å². The van der Waals surface area contributed by atoms with Crippen LogP contribution in [-0.2, 0) is 9.53 Å². The fourth-order valence-corrected chi connectivity index (χ4v) is 2.04. The molecule has 5 heteroatoms. The molecular weight excluding hydrogens is 359 g/mol. The van der Waals surface area contributed by atoms with E-state index in [9.17, 15) is 19.4 Å². The predicted molar refractivity (Wildman–Crippen MR) is 106 cm³/mol. The number of aliphatic hydroxyl groups is 2. The molecule has 0 saturated heterocycles. The van der Waals surface area contributed by atoms with Gasteiger partial charge in [0.25, 0.3) is 0 Å². The van der Waals surface area contributed by atoms with Crippen LogP contribution in [0.3, 0.4) is 0 Å². The van der Waals surface area contributed by atoms with E-state index in [-0.39, 0.29) is 24.6 Å². The van der Waals surface area contributed by atoms with Crippen molar-refractivity contribution in [2.24, 2.45) is 0 Å². The molecule has 0 saturated carbocycles. The Hall–Kier alpha value is -2.86. The summed E-state index contributed by atoms with van der Waals surface area (Å²) in [7, 11) is 0. The van der Waals surface area contributed by atoms with E-state index in [0.29, 0.717) is 25.0 Å². The van der Waals surface area contributed by atoms with Gasteiger partial charge < -0.3 is 14.9 Å². The Morgan fingerprint density at radius 1 is 1.25 bits per heavy atom. The van der Waals surface area contributed by atoms with E-state index in [2.05, 4.69) is 23.7 Å². The van der Waals surface area contributed by atoms with Crippen LogP contribution < -0.4 is 0 Å². The van der Waals surface area contributed by atoms with E-state index in [1.165, 1.54) is 12.1 Å². The molecule has 0 fully saturated rings. The lowest BCUT2D eigenvalue weighted by Gasteiger charge is -2.03. The van der Waals surface area contributed by atoms with Gasteiger partial charge in [0.1, 0.15) is 11.9 Å². The summed E-state index contributed by atoms with van der Waals surface area (Å²) in [4.78, 5) is 11.2. The third-order valence-corrected chi connectivity index (χ3v) is 3.43. The number of allylic oxidation sites excluding steroid dienone is 3. The Labute approximate surface area is 165 Å². The molecule has 28 heavy (non-hydrogen) atoms. The molecule has 2 atom stereocenters. The summed E-state index contributed by atoms with van der Waals surface area (Å²) in [6.07, 6.45) is 6.36. The zero-order valence-electron chi connectivity index (χ0n) is 15.9. The molecule has 4 nitrogen and oxygen atoms in total. The molecule has 0 bridgehead atoms. The van der Waals surface area contributed by atoms with Crippen molar-refractivity contribution in [1.29, 1.82) is 0 Å². The number of carbonyl (C=O) groups is 1. The third-order valence-electron chi connectivity index (χ3n) is 3.43. The van der Waals surface area contributed by atoms with Crippen LogP contribution >= 0.6 is 0 Å². The molecule has 0 amide bonds. The van der Waals surface area contributed by atoms with Gasteiger partial charge in [-0.3, -0.25) is 4.79 Å². The number of benzene rings is 1. The van der Waals surface area contributed by atoms with Gasteiger partial charge >= 0.3 is 5.97 Å². The number of rotatable bonds is 8. The van der Waals surface area contributed by atoms with E-state index in [1.54, 1.807) is 43.4 Å². The van der Waals surface area contributed by atoms with Crippen molar-refractivity contribution in [3.63, 3.8) is 0 Å². The molecule has 0 heterocycles. The maximum Gasteiger partial charge on any atom is 0.305 e. The summed E-state index contributed by atoms with van der Waals surface area (Å²) >= 11 is 0. The lowest BCUT2D eigenvalue weighted by molar-refractivity contribution is -0.143. The van der Waals surface area contributed by atoms with Crippen LogP contribution in [0, 0.1) is 29.5 Å². The van der Waals surface area contributed by atoms with Gasteiger partial charge in [0.2, 0.25) is 0 Å². The van der Waals surface area contributed by atoms with E-state index >= 15 is 0 Å². The van der Waals surface area contributed by atoms with Crippen molar-refractivity contribution in [2.45, 2.75) is 44.8 Å². The third kappa shape index (κ3) is 11.7. The molecular formula is C23H25FO4. The van der Waals surface area contributed by atoms with Gasteiger partial charge in [-0.1, -0.05) is 41.9 Å². The average Bonchev–Trinajstić information content (AvgIpc) is 2.66. The number of carbonyl (C=O) groups excluding carboxylic acids is 1. The molecule has 0 spiro atoms. The summed E-state index contributed by atoms with van der Waals surface area (Å²) in [5.74, 6) is 10.5. The number of aliphatic hydroxyl groups excluding tert-OH is 2. The van der Waals surface area contributed by atoms with Crippen molar-refractivity contribution in [3.8, 4) is 23.7 Å². The Kier molecular flexibility index (Phi) is 11.8. The molecule has 2 N–H and O–H groups in total.